The smallest absolute Gasteiger partial charge is 0.408 e. The Morgan fingerprint density at radius 1 is 1.21 bits per heavy atom. The van der Waals surface area contributed by atoms with Crippen molar-refractivity contribution in [3.05, 3.63) is 0 Å². The summed E-state index contributed by atoms with van der Waals surface area (Å²) in [6.45, 7) is 7.69. The molecule has 0 atom stereocenters. The van der Waals surface area contributed by atoms with Crippen molar-refractivity contribution in [3.8, 4) is 0 Å². The van der Waals surface area contributed by atoms with E-state index in [0.717, 1.165) is 12.8 Å². The summed E-state index contributed by atoms with van der Waals surface area (Å²) in [5.74, 6) is -0.510. The van der Waals surface area contributed by atoms with Gasteiger partial charge in [0.1, 0.15) is 5.60 Å². The van der Waals surface area contributed by atoms with Crippen molar-refractivity contribution in [2.45, 2.75) is 51.0 Å². The van der Waals surface area contributed by atoms with Gasteiger partial charge in [0.25, 0.3) is 0 Å². The van der Waals surface area contributed by atoms with Crippen LogP contribution in [0.15, 0.2) is 0 Å². The minimum absolute atomic E-state index is 0.164. The van der Waals surface area contributed by atoms with Crippen molar-refractivity contribution in [2.24, 2.45) is 0 Å². The van der Waals surface area contributed by atoms with Gasteiger partial charge in [0.15, 0.2) is 5.79 Å². The Labute approximate surface area is 113 Å². The van der Waals surface area contributed by atoms with Crippen molar-refractivity contribution < 1.29 is 23.7 Å². The van der Waals surface area contributed by atoms with Crippen LogP contribution in [0.3, 0.4) is 0 Å². The maximum atomic E-state index is 11.6. The summed E-state index contributed by atoms with van der Waals surface area (Å²) >= 11 is 0. The molecule has 6 nitrogen and oxygen atoms in total. The number of hydrogen-bond donors (Lipinski definition) is 1. The molecule has 0 aromatic heterocycles. The maximum Gasteiger partial charge on any atom is 0.408 e. The number of carbonyl (C=O) groups excluding carboxylic acids is 1. The molecular formula is C13H23NO5. The third kappa shape index (κ3) is 4.33. The lowest BCUT2D eigenvalue weighted by molar-refractivity contribution is -0.299. The molecule has 1 amide bonds. The number of hydrogen-bond acceptors (Lipinski definition) is 5. The fraction of sp³-hybridized carbons (Fsp3) is 0.923. The molecule has 1 spiro atoms. The molecule has 2 fully saturated rings. The molecule has 0 radical (unpaired) electrons. The second kappa shape index (κ2) is 5.64. The number of carbonyl (C=O) groups is 1. The predicted molar refractivity (Wildman–Crippen MR) is 67.8 cm³/mol. The number of ether oxygens (including phenoxy) is 4. The lowest BCUT2D eigenvalue weighted by Crippen LogP contribution is -2.54. The Balaban J connectivity index is 1.75. The zero-order valence-electron chi connectivity index (χ0n) is 11.9. The molecule has 1 N–H and O–H groups in total. The van der Waals surface area contributed by atoms with Gasteiger partial charge in [0.05, 0.1) is 32.5 Å². The summed E-state index contributed by atoms with van der Waals surface area (Å²) in [7, 11) is 0. The molecule has 0 unspecified atom stereocenters. The minimum Gasteiger partial charge on any atom is -0.444 e. The molecule has 19 heavy (non-hydrogen) atoms. The van der Waals surface area contributed by atoms with Crippen LogP contribution in [0.5, 0.6) is 0 Å². The molecule has 0 bridgehead atoms. The summed E-state index contributed by atoms with van der Waals surface area (Å²) in [4.78, 5) is 11.6. The Morgan fingerprint density at radius 3 is 2.32 bits per heavy atom. The Kier molecular flexibility index (Phi) is 4.32. The first-order valence-corrected chi connectivity index (χ1v) is 6.74. The molecule has 2 saturated heterocycles. The summed E-state index contributed by atoms with van der Waals surface area (Å²) in [5.41, 5.74) is -0.498. The lowest BCUT2D eigenvalue weighted by Gasteiger charge is -2.42. The highest BCUT2D eigenvalue weighted by Crippen LogP contribution is 2.29. The monoisotopic (exact) mass is 273 g/mol. The van der Waals surface area contributed by atoms with Gasteiger partial charge < -0.3 is 24.3 Å². The third-order valence-electron chi connectivity index (χ3n) is 3.07. The van der Waals surface area contributed by atoms with Crippen molar-refractivity contribution in [3.63, 3.8) is 0 Å². The van der Waals surface area contributed by atoms with Crippen molar-refractivity contribution in [1.29, 1.82) is 0 Å². The molecule has 2 rings (SSSR count). The van der Waals surface area contributed by atoms with Crippen molar-refractivity contribution in [2.75, 3.05) is 26.4 Å². The fourth-order valence-electron chi connectivity index (χ4n) is 2.12. The molecular weight excluding hydrogens is 250 g/mol. The Hall–Kier alpha value is -0.850. The van der Waals surface area contributed by atoms with Crippen LogP contribution in [-0.2, 0) is 18.9 Å². The highest BCUT2D eigenvalue weighted by Gasteiger charge is 2.39. The number of rotatable bonds is 1. The number of nitrogens with one attached hydrogen (secondary N) is 1. The van der Waals surface area contributed by atoms with Crippen molar-refractivity contribution >= 4 is 6.09 Å². The van der Waals surface area contributed by atoms with Crippen LogP contribution in [0.1, 0.15) is 33.6 Å². The van der Waals surface area contributed by atoms with Crippen molar-refractivity contribution in [1.82, 2.24) is 5.32 Å². The molecule has 0 aliphatic carbocycles. The molecule has 0 saturated carbocycles. The zero-order valence-corrected chi connectivity index (χ0v) is 11.9. The van der Waals surface area contributed by atoms with Gasteiger partial charge in [0.2, 0.25) is 0 Å². The van der Waals surface area contributed by atoms with Gasteiger partial charge in [-0.1, -0.05) is 0 Å². The van der Waals surface area contributed by atoms with Crippen LogP contribution in [0.2, 0.25) is 0 Å². The van der Waals surface area contributed by atoms with Crippen LogP contribution in [0.4, 0.5) is 4.79 Å². The van der Waals surface area contributed by atoms with E-state index in [0.29, 0.717) is 26.4 Å². The Morgan fingerprint density at radius 2 is 1.79 bits per heavy atom. The molecule has 0 aromatic carbocycles. The second-order valence-corrected chi connectivity index (χ2v) is 5.99. The number of amides is 1. The maximum absolute atomic E-state index is 11.6. The molecule has 2 aliphatic rings. The molecule has 6 heteroatoms. The predicted octanol–water partition coefficient (Wildman–Crippen LogP) is 1.43. The molecule has 2 heterocycles. The van der Waals surface area contributed by atoms with Gasteiger partial charge in [0, 0.05) is 12.8 Å². The van der Waals surface area contributed by atoms with Gasteiger partial charge in [-0.3, -0.25) is 0 Å². The van der Waals surface area contributed by atoms with Crippen LogP contribution in [-0.4, -0.2) is 50.0 Å². The van der Waals surface area contributed by atoms with Crippen LogP contribution in [0, 0.1) is 0 Å². The summed E-state index contributed by atoms with van der Waals surface area (Å²) in [6.07, 6.45) is 1.05. The van der Waals surface area contributed by atoms with Gasteiger partial charge in [-0.25, -0.2) is 4.79 Å². The minimum atomic E-state index is -0.510. The topological polar surface area (TPSA) is 66.0 Å². The first kappa shape index (κ1) is 14.6. The van der Waals surface area contributed by atoms with Gasteiger partial charge in [-0.15, -0.1) is 0 Å². The quantitative estimate of drug-likeness (QED) is 0.783. The first-order valence-electron chi connectivity index (χ1n) is 6.74. The highest BCUT2D eigenvalue weighted by atomic mass is 16.7. The Bertz CT molecular complexity index is 309. The second-order valence-electron chi connectivity index (χ2n) is 5.99. The van der Waals surface area contributed by atoms with Gasteiger partial charge in [-0.2, -0.15) is 0 Å². The molecule has 2 aliphatic heterocycles. The summed E-state index contributed by atoms with van der Waals surface area (Å²) in [5, 5.41) is 2.75. The summed E-state index contributed by atoms with van der Waals surface area (Å²) < 4.78 is 22.0. The van der Waals surface area contributed by atoms with E-state index in [1.807, 2.05) is 20.8 Å². The largest absolute Gasteiger partial charge is 0.444 e. The first-order chi connectivity index (χ1) is 8.89. The molecule has 0 aromatic rings. The third-order valence-corrected chi connectivity index (χ3v) is 3.07. The average Bonchev–Trinajstić information content (AvgIpc) is 2.31. The molecule has 110 valence electrons. The average molecular weight is 273 g/mol. The van der Waals surface area contributed by atoms with E-state index in [9.17, 15) is 4.79 Å². The normalized spacial score (nSPS) is 24.2. The SMILES string of the molecule is CC(C)(C)OC(=O)NC1COC2(CCOCC2)OC1. The van der Waals surface area contributed by atoms with Gasteiger partial charge >= 0.3 is 6.09 Å². The van der Waals surface area contributed by atoms with E-state index in [2.05, 4.69) is 5.32 Å². The van der Waals surface area contributed by atoms with E-state index in [1.165, 1.54) is 0 Å². The zero-order chi connectivity index (χ0) is 13.9. The van der Waals surface area contributed by atoms with E-state index in [1.54, 1.807) is 0 Å². The fourth-order valence-corrected chi connectivity index (χ4v) is 2.12. The number of alkyl carbamates (subject to hydrolysis) is 1. The van der Waals surface area contributed by atoms with E-state index < -0.39 is 17.5 Å². The van der Waals surface area contributed by atoms with Crippen LogP contribution < -0.4 is 5.32 Å². The van der Waals surface area contributed by atoms with E-state index in [4.69, 9.17) is 18.9 Å². The van der Waals surface area contributed by atoms with E-state index >= 15 is 0 Å². The lowest BCUT2D eigenvalue weighted by atomic mass is 10.1. The van der Waals surface area contributed by atoms with Crippen LogP contribution in [0.25, 0.3) is 0 Å². The highest BCUT2D eigenvalue weighted by molar-refractivity contribution is 5.68. The van der Waals surface area contributed by atoms with E-state index in [-0.39, 0.29) is 6.04 Å². The van der Waals surface area contributed by atoms with Gasteiger partial charge in [-0.05, 0) is 20.8 Å². The van der Waals surface area contributed by atoms with Crippen LogP contribution >= 0.6 is 0 Å². The summed E-state index contributed by atoms with van der Waals surface area (Å²) in [6, 6.07) is -0.164. The standard InChI is InChI=1S/C13H23NO5/c1-12(2,3)19-11(15)14-10-8-17-13(18-9-10)4-6-16-7-5-13/h10H,4-9H2,1-3H3,(H,14,15).